The first-order valence-electron chi connectivity index (χ1n) is 8.83. The highest BCUT2D eigenvalue weighted by Crippen LogP contribution is 2.20. The van der Waals surface area contributed by atoms with Crippen molar-refractivity contribution in [1.29, 1.82) is 0 Å². The number of rotatable bonds is 4. The van der Waals surface area contributed by atoms with Crippen molar-refractivity contribution in [2.24, 2.45) is 0 Å². The Kier molecular flexibility index (Phi) is 4.94. The maximum absolute atomic E-state index is 12.5. The number of amides is 1. The summed E-state index contributed by atoms with van der Waals surface area (Å²) in [6.45, 7) is 8.30. The summed E-state index contributed by atoms with van der Waals surface area (Å²) in [4.78, 5) is 24.9. The Morgan fingerprint density at radius 2 is 1.73 bits per heavy atom. The van der Waals surface area contributed by atoms with Crippen LogP contribution in [0.5, 0.6) is 0 Å². The van der Waals surface area contributed by atoms with E-state index in [0.717, 1.165) is 38.8 Å². The molecular weight excluding hydrogens is 324 g/mol. The molecule has 4 nitrogen and oxygen atoms in total. The summed E-state index contributed by atoms with van der Waals surface area (Å²) in [5.41, 5.74) is 5.86. The highest BCUT2D eigenvalue weighted by molar-refractivity contribution is 5.91. The maximum atomic E-state index is 12.5. The summed E-state index contributed by atoms with van der Waals surface area (Å²) in [6, 6.07) is 13.6. The van der Waals surface area contributed by atoms with Crippen molar-refractivity contribution in [3.8, 4) is 0 Å². The first-order valence-corrected chi connectivity index (χ1v) is 8.83. The number of carbonyl (C=O) groups is 1. The van der Waals surface area contributed by atoms with Crippen molar-refractivity contribution in [3.63, 3.8) is 0 Å². The van der Waals surface area contributed by atoms with Crippen LogP contribution in [0.2, 0.25) is 0 Å². The Labute approximate surface area is 153 Å². The molecule has 0 radical (unpaired) electrons. The molecule has 0 unspecified atom stereocenters. The van der Waals surface area contributed by atoms with Crippen LogP contribution in [-0.4, -0.2) is 10.5 Å². The van der Waals surface area contributed by atoms with E-state index in [0.29, 0.717) is 6.54 Å². The number of para-hydroxylation sites is 1. The van der Waals surface area contributed by atoms with Crippen LogP contribution < -0.4 is 10.9 Å². The zero-order valence-corrected chi connectivity index (χ0v) is 15.7. The summed E-state index contributed by atoms with van der Waals surface area (Å²) in [5, 5.41) is 4.00. The monoisotopic (exact) mass is 348 g/mol. The lowest BCUT2D eigenvalue weighted by Gasteiger charge is -2.14. The number of anilines is 1. The van der Waals surface area contributed by atoms with E-state index < -0.39 is 0 Å². The molecule has 2 aromatic carbocycles. The minimum Gasteiger partial charge on any atom is -0.326 e. The van der Waals surface area contributed by atoms with Gasteiger partial charge in [0, 0.05) is 30.1 Å². The molecule has 0 spiro atoms. The molecule has 26 heavy (non-hydrogen) atoms. The van der Waals surface area contributed by atoms with Gasteiger partial charge in [0.2, 0.25) is 5.91 Å². The Morgan fingerprint density at radius 3 is 2.46 bits per heavy atom. The summed E-state index contributed by atoms with van der Waals surface area (Å²) in [6.07, 6.45) is 0.250. The first kappa shape index (κ1) is 17.9. The molecule has 0 fully saturated rings. The molecule has 3 rings (SSSR count). The number of benzene rings is 2. The summed E-state index contributed by atoms with van der Waals surface area (Å²) in [7, 11) is 0. The second kappa shape index (κ2) is 7.16. The summed E-state index contributed by atoms with van der Waals surface area (Å²) >= 11 is 0. The van der Waals surface area contributed by atoms with Crippen LogP contribution in [-0.2, 0) is 11.3 Å². The van der Waals surface area contributed by atoms with Gasteiger partial charge < -0.3 is 9.88 Å². The van der Waals surface area contributed by atoms with E-state index in [4.69, 9.17) is 0 Å². The molecule has 1 aromatic heterocycles. The number of fused-ring (bicyclic) bond motifs is 1. The lowest BCUT2D eigenvalue weighted by atomic mass is 10.1. The predicted octanol–water partition coefficient (Wildman–Crippen LogP) is 4.26. The third-order valence-corrected chi connectivity index (χ3v) is 4.76. The van der Waals surface area contributed by atoms with E-state index in [9.17, 15) is 9.59 Å². The van der Waals surface area contributed by atoms with Crippen LogP contribution in [0.4, 0.5) is 5.69 Å². The highest BCUT2D eigenvalue weighted by Gasteiger charge is 2.11. The number of hydrogen-bond donors (Lipinski definition) is 1. The number of nitrogens with one attached hydrogen (secondary N) is 1. The number of nitrogens with zero attached hydrogens (tertiary/aromatic N) is 1. The van der Waals surface area contributed by atoms with Gasteiger partial charge in [-0.25, -0.2) is 0 Å². The number of aryl methyl sites for hydroxylation is 5. The fourth-order valence-corrected chi connectivity index (χ4v) is 3.39. The second-order valence-corrected chi connectivity index (χ2v) is 6.90. The topological polar surface area (TPSA) is 51.1 Å². The SMILES string of the molecule is Cc1ccc(NC(=O)CCn2c(=O)cc(C)c3cccc(C)c32)c(C)c1. The molecule has 0 saturated heterocycles. The van der Waals surface area contributed by atoms with E-state index >= 15 is 0 Å². The van der Waals surface area contributed by atoms with Gasteiger partial charge >= 0.3 is 0 Å². The van der Waals surface area contributed by atoms with E-state index in [1.165, 1.54) is 0 Å². The van der Waals surface area contributed by atoms with E-state index in [1.54, 1.807) is 10.6 Å². The lowest BCUT2D eigenvalue weighted by molar-refractivity contribution is -0.116. The predicted molar refractivity (Wildman–Crippen MR) is 107 cm³/mol. The molecule has 134 valence electrons. The lowest BCUT2D eigenvalue weighted by Crippen LogP contribution is -2.24. The average Bonchev–Trinajstić information content (AvgIpc) is 2.58. The van der Waals surface area contributed by atoms with Crippen molar-refractivity contribution >= 4 is 22.5 Å². The molecule has 0 aliphatic rings. The molecule has 0 aliphatic heterocycles. The van der Waals surface area contributed by atoms with Gasteiger partial charge in [-0.05, 0) is 50.5 Å². The molecular formula is C22H24N2O2. The number of carbonyl (C=O) groups excluding carboxylic acids is 1. The molecule has 0 atom stereocenters. The molecule has 1 heterocycles. The van der Waals surface area contributed by atoms with Crippen molar-refractivity contribution in [2.45, 2.75) is 40.7 Å². The van der Waals surface area contributed by atoms with Crippen LogP contribution in [0.25, 0.3) is 10.9 Å². The van der Waals surface area contributed by atoms with Crippen molar-refractivity contribution < 1.29 is 4.79 Å². The first-order chi connectivity index (χ1) is 12.4. The van der Waals surface area contributed by atoms with Gasteiger partial charge in [0.25, 0.3) is 5.56 Å². The molecule has 0 saturated carbocycles. The summed E-state index contributed by atoms with van der Waals surface area (Å²) in [5.74, 6) is -0.0915. The molecule has 1 N–H and O–H groups in total. The fraction of sp³-hybridized carbons (Fsp3) is 0.273. The molecule has 1 amide bonds. The smallest absolute Gasteiger partial charge is 0.251 e. The third-order valence-electron chi connectivity index (χ3n) is 4.76. The zero-order chi connectivity index (χ0) is 18.8. The average molecular weight is 348 g/mol. The number of hydrogen-bond acceptors (Lipinski definition) is 2. The number of aromatic nitrogens is 1. The van der Waals surface area contributed by atoms with Gasteiger partial charge in [0.1, 0.15) is 0 Å². The van der Waals surface area contributed by atoms with Gasteiger partial charge in [-0.1, -0.05) is 35.9 Å². The van der Waals surface area contributed by atoms with Crippen molar-refractivity contribution in [1.82, 2.24) is 4.57 Å². The van der Waals surface area contributed by atoms with Gasteiger partial charge in [-0.3, -0.25) is 9.59 Å². The Morgan fingerprint density at radius 1 is 0.962 bits per heavy atom. The normalized spacial score (nSPS) is 10.9. The van der Waals surface area contributed by atoms with Crippen LogP contribution in [0.1, 0.15) is 28.7 Å². The Hall–Kier alpha value is -2.88. The summed E-state index contributed by atoms with van der Waals surface area (Å²) < 4.78 is 1.71. The van der Waals surface area contributed by atoms with Gasteiger partial charge in [-0.2, -0.15) is 0 Å². The minimum absolute atomic E-state index is 0.0661. The largest absolute Gasteiger partial charge is 0.326 e. The van der Waals surface area contributed by atoms with Crippen molar-refractivity contribution in [2.75, 3.05) is 5.32 Å². The molecule has 0 bridgehead atoms. The standard InChI is InChI=1S/C22H24N2O2/c1-14-8-9-19(17(4)12-14)23-20(25)10-11-24-21(26)13-16(3)18-7-5-6-15(2)22(18)24/h5-9,12-13H,10-11H2,1-4H3,(H,23,25). The Balaban J connectivity index is 1.84. The van der Waals surface area contributed by atoms with Crippen molar-refractivity contribution in [3.05, 3.63) is 75.1 Å². The maximum Gasteiger partial charge on any atom is 0.251 e. The van der Waals surface area contributed by atoms with Gasteiger partial charge in [0.15, 0.2) is 0 Å². The highest BCUT2D eigenvalue weighted by atomic mass is 16.1. The van der Waals surface area contributed by atoms with Crippen LogP contribution in [0.3, 0.4) is 0 Å². The van der Waals surface area contributed by atoms with Gasteiger partial charge in [-0.15, -0.1) is 0 Å². The molecule has 0 aliphatic carbocycles. The second-order valence-electron chi connectivity index (χ2n) is 6.90. The van der Waals surface area contributed by atoms with Gasteiger partial charge in [0.05, 0.1) is 5.52 Å². The minimum atomic E-state index is -0.0915. The fourth-order valence-electron chi connectivity index (χ4n) is 3.39. The van der Waals surface area contributed by atoms with Crippen LogP contribution >= 0.6 is 0 Å². The third kappa shape index (κ3) is 3.54. The quantitative estimate of drug-likeness (QED) is 0.766. The molecule has 4 heteroatoms. The van der Waals surface area contributed by atoms with E-state index in [1.807, 2.05) is 64.1 Å². The van der Waals surface area contributed by atoms with E-state index in [2.05, 4.69) is 5.32 Å². The van der Waals surface area contributed by atoms with E-state index in [-0.39, 0.29) is 17.9 Å². The zero-order valence-electron chi connectivity index (χ0n) is 15.7. The van der Waals surface area contributed by atoms with Crippen LogP contribution in [0.15, 0.2) is 47.3 Å². The number of pyridine rings is 1. The molecule has 3 aromatic rings. The Bertz CT molecular complexity index is 1050. The van der Waals surface area contributed by atoms with Crippen LogP contribution in [0, 0.1) is 27.7 Å².